The third-order valence-corrected chi connectivity index (χ3v) is 10.2. The van der Waals surface area contributed by atoms with Crippen molar-refractivity contribution in [3.63, 3.8) is 0 Å². The minimum Gasteiger partial charge on any atom is -0.385 e. The Hall–Kier alpha value is -2.74. The number of carbonyl (C=O) groups is 1. The van der Waals surface area contributed by atoms with E-state index in [0.717, 1.165) is 18.1 Å². The summed E-state index contributed by atoms with van der Waals surface area (Å²) in [6.07, 6.45) is 2.77. The van der Waals surface area contributed by atoms with Crippen molar-refractivity contribution in [2.75, 3.05) is 0 Å². The maximum atomic E-state index is 14.9. The van der Waals surface area contributed by atoms with Gasteiger partial charge in [0.25, 0.3) is 0 Å². The van der Waals surface area contributed by atoms with Gasteiger partial charge in [0.1, 0.15) is 7.14 Å². The molecule has 2 aliphatic rings. The maximum absolute atomic E-state index is 14.9. The molecule has 1 N–H and O–H groups in total. The summed E-state index contributed by atoms with van der Waals surface area (Å²) in [4.78, 5) is 13.9. The molecule has 4 heteroatoms. The van der Waals surface area contributed by atoms with Crippen LogP contribution in [0.15, 0.2) is 96.3 Å². The molecule has 2 aliphatic carbocycles. The summed E-state index contributed by atoms with van der Waals surface area (Å²) in [6.45, 7) is 0. The molecule has 1 atom stereocenters. The van der Waals surface area contributed by atoms with Crippen LogP contribution in [-0.2, 0) is 4.57 Å². The monoisotopic (exact) mass is 428 g/mol. The van der Waals surface area contributed by atoms with Crippen LogP contribution in [0, 0.1) is 0 Å². The van der Waals surface area contributed by atoms with Gasteiger partial charge >= 0.3 is 0 Å². The van der Waals surface area contributed by atoms with Gasteiger partial charge in [-0.15, -0.1) is 0 Å². The molecule has 3 aromatic rings. The summed E-state index contributed by atoms with van der Waals surface area (Å²) in [5.41, 5.74) is 0.452. The Labute approximate surface area is 182 Å². The first-order valence-electron chi connectivity index (χ1n) is 10.8. The summed E-state index contributed by atoms with van der Waals surface area (Å²) >= 11 is 0. The predicted octanol–water partition coefficient (Wildman–Crippen LogP) is 5.66. The first kappa shape index (κ1) is 20.2. The number of Topliss-reactive ketones (excluding diaryl/α,β-unsaturated/α-hetero) is 1. The summed E-state index contributed by atoms with van der Waals surface area (Å²) in [6, 6.07) is 28.0. The van der Waals surface area contributed by atoms with Gasteiger partial charge in [0.2, 0.25) is 0 Å². The van der Waals surface area contributed by atoms with Crippen LogP contribution in [0.2, 0.25) is 0 Å². The van der Waals surface area contributed by atoms with E-state index in [2.05, 4.69) is 0 Å². The molecule has 2 saturated carbocycles. The number of hydrogen-bond donors (Lipinski definition) is 1. The fourth-order valence-corrected chi connectivity index (χ4v) is 8.33. The van der Waals surface area contributed by atoms with E-state index >= 15 is 0 Å². The highest BCUT2D eigenvalue weighted by Crippen LogP contribution is 2.72. The Balaban J connectivity index is 1.84. The van der Waals surface area contributed by atoms with Gasteiger partial charge in [0.15, 0.2) is 5.78 Å². The first-order valence-corrected chi connectivity index (χ1v) is 12.6. The van der Waals surface area contributed by atoms with Crippen molar-refractivity contribution in [3.05, 3.63) is 107 Å². The van der Waals surface area contributed by atoms with Crippen molar-refractivity contribution >= 4 is 23.8 Å². The van der Waals surface area contributed by atoms with Gasteiger partial charge in [-0.2, -0.15) is 0 Å². The van der Waals surface area contributed by atoms with E-state index in [4.69, 9.17) is 0 Å². The van der Waals surface area contributed by atoms with Gasteiger partial charge in [0.05, 0.1) is 5.60 Å². The third kappa shape index (κ3) is 3.63. The third-order valence-electron chi connectivity index (χ3n) is 6.26. The molecular formula is C27H25O3P. The van der Waals surface area contributed by atoms with Crippen molar-refractivity contribution in [1.82, 2.24) is 0 Å². The molecule has 0 radical (unpaired) electrons. The lowest BCUT2D eigenvalue weighted by Gasteiger charge is -2.29. The van der Waals surface area contributed by atoms with Gasteiger partial charge in [0, 0.05) is 27.4 Å². The molecular weight excluding hydrogens is 403 g/mol. The van der Waals surface area contributed by atoms with Gasteiger partial charge in [-0.1, -0.05) is 91.0 Å². The zero-order valence-corrected chi connectivity index (χ0v) is 18.2. The minimum atomic E-state index is -3.19. The Morgan fingerprint density at radius 2 is 1.26 bits per heavy atom. The SMILES string of the molecule is O=C(/C(=C(/C1(O)CC1)P(=O)(c1ccccc1)C1CC1)c1ccccc1)c1ccccc1. The molecule has 1 unspecified atom stereocenters. The average Bonchev–Trinajstić information content (AvgIpc) is 3.75. The zero-order valence-electron chi connectivity index (χ0n) is 17.3. The van der Waals surface area contributed by atoms with E-state index in [1.807, 2.05) is 78.9 Å². The average molecular weight is 428 g/mol. The molecule has 0 aromatic heterocycles. The molecule has 2 fully saturated rings. The number of benzene rings is 3. The summed E-state index contributed by atoms with van der Waals surface area (Å²) in [7, 11) is -3.19. The van der Waals surface area contributed by atoms with Gasteiger partial charge in [-0.25, -0.2) is 0 Å². The molecule has 3 nitrogen and oxygen atoms in total. The molecule has 31 heavy (non-hydrogen) atoms. The number of allylic oxidation sites excluding steroid dienone is 1. The number of ketones is 1. The predicted molar refractivity (Wildman–Crippen MR) is 125 cm³/mol. The fourth-order valence-electron chi connectivity index (χ4n) is 4.39. The fraction of sp³-hybridized carbons (Fsp3) is 0.222. The van der Waals surface area contributed by atoms with E-state index in [0.29, 0.717) is 34.9 Å². The molecule has 0 aliphatic heterocycles. The minimum absolute atomic E-state index is 0.0168. The molecule has 0 amide bonds. The Kier molecular flexibility index (Phi) is 5.04. The number of aliphatic hydroxyl groups is 1. The summed E-state index contributed by atoms with van der Waals surface area (Å²) in [5, 5.41) is 12.7. The molecule has 0 spiro atoms. The molecule has 156 valence electrons. The van der Waals surface area contributed by atoms with E-state index in [1.165, 1.54) is 0 Å². The van der Waals surface area contributed by atoms with Crippen LogP contribution in [0.3, 0.4) is 0 Å². The van der Waals surface area contributed by atoms with Crippen LogP contribution in [0.5, 0.6) is 0 Å². The lowest BCUT2D eigenvalue weighted by Crippen LogP contribution is -2.23. The standard InChI is InChI=1S/C27H25O3P/c28-25(21-12-6-2-7-13-21)24(20-10-4-1-5-11-20)26(27(29)18-19-27)31(30,23-16-17-23)22-14-8-3-9-15-22/h1-15,23,29H,16-19H2/b26-24-. The normalized spacial score (nSPS) is 19.8. The Morgan fingerprint density at radius 3 is 1.74 bits per heavy atom. The zero-order chi connectivity index (χ0) is 21.5. The topological polar surface area (TPSA) is 54.4 Å². The molecule has 0 heterocycles. The van der Waals surface area contributed by atoms with Crippen molar-refractivity contribution in [3.8, 4) is 0 Å². The van der Waals surface area contributed by atoms with Crippen molar-refractivity contribution < 1.29 is 14.5 Å². The molecule has 0 bridgehead atoms. The van der Waals surface area contributed by atoms with E-state index in [1.54, 1.807) is 12.1 Å². The summed E-state index contributed by atoms with van der Waals surface area (Å²) < 4.78 is 14.9. The van der Waals surface area contributed by atoms with E-state index in [-0.39, 0.29) is 11.4 Å². The van der Waals surface area contributed by atoms with Crippen molar-refractivity contribution in [2.24, 2.45) is 0 Å². The van der Waals surface area contributed by atoms with Crippen LogP contribution < -0.4 is 5.30 Å². The maximum Gasteiger partial charge on any atom is 0.194 e. The number of hydrogen-bond acceptors (Lipinski definition) is 3. The Morgan fingerprint density at radius 1 is 0.774 bits per heavy atom. The second-order valence-corrected chi connectivity index (χ2v) is 11.6. The van der Waals surface area contributed by atoms with Crippen LogP contribution >= 0.6 is 7.14 Å². The quantitative estimate of drug-likeness (QED) is 0.300. The molecule has 0 saturated heterocycles. The highest BCUT2D eigenvalue weighted by molar-refractivity contribution is 7.77. The highest BCUT2D eigenvalue weighted by Gasteiger charge is 2.58. The second-order valence-electron chi connectivity index (χ2n) is 8.54. The molecule has 5 rings (SSSR count). The van der Waals surface area contributed by atoms with Crippen molar-refractivity contribution in [1.29, 1.82) is 0 Å². The molecule has 3 aromatic carbocycles. The van der Waals surface area contributed by atoms with Crippen LogP contribution in [0.25, 0.3) is 5.57 Å². The van der Waals surface area contributed by atoms with E-state index < -0.39 is 12.7 Å². The smallest absolute Gasteiger partial charge is 0.194 e. The Bertz CT molecular complexity index is 1170. The lowest BCUT2D eigenvalue weighted by atomic mass is 9.94. The van der Waals surface area contributed by atoms with Crippen LogP contribution in [0.4, 0.5) is 0 Å². The highest BCUT2D eigenvalue weighted by atomic mass is 31.2. The van der Waals surface area contributed by atoms with Crippen molar-refractivity contribution in [2.45, 2.75) is 36.9 Å². The second kappa shape index (κ2) is 7.75. The van der Waals surface area contributed by atoms with Crippen LogP contribution in [-0.4, -0.2) is 22.1 Å². The number of carbonyl (C=O) groups excluding carboxylic acids is 1. The largest absolute Gasteiger partial charge is 0.385 e. The summed E-state index contributed by atoms with van der Waals surface area (Å²) in [5.74, 6) is -0.182. The van der Waals surface area contributed by atoms with Gasteiger partial charge < -0.3 is 9.67 Å². The number of rotatable bonds is 7. The van der Waals surface area contributed by atoms with Gasteiger partial charge in [-0.3, -0.25) is 4.79 Å². The van der Waals surface area contributed by atoms with Gasteiger partial charge in [-0.05, 0) is 31.2 Å². The van der Waals surface area contributed by atoms with E-state index in [9.17, 15) is 14.5 Å². The lowest BCUT2D eigenvalue weighted by molar-refractivity contribution is 0.105. The first-order chi connectivity index (χ1) is 15.0. The van der Waals surface area contributed by atoms with Crippen LogP contribution in [0.1, 0.15) is 41.6 Å².